The van der Waals surface area contributed by atoms with Gasteiger partial charge in [-0.1, -0.05) is 0 Å². The second-order valence-corrected chi connectivity index (χ2v) is 9.55. The highest BCUT2D eigenvalue weighted by atomic mass is 79.9. The normalized spacial score (nSPS) is 14.1. The number of hydrogen-bond acceptors (Lipinski definition) is 8. The van der Waals surface area contributed by atoms with Crippen LogP contribution in [0.15, 0.2) is 45.9 Å². The van der Waals surface area contributed by atoms with Crippen LogP contribution in [-0.2, 0) is 21.4 Å². The van der Waals surface area contributed by atoms with Crippen molar-refractivity contribution in [3.05, 3.63) is 63.5 Å². The van der Waals surface area contributed by atoms with Crippen LogP contribution in [0.3, 0.4) is 0 Å². The molecule has 2 heterocycles. The fourth-order valence-corrected chi connectivity index (χ4v) is 5.46. The fraction of sp³-hybridized carbons (Fsp3) is 0.136. The van der Waals surface area contributed by atoms with Crippen LogP contribution in [0.2, 0.25) is 0 Å². The van der Waals surface area contributed by atoms with Crippen molar-refractivity contribution in [2.45, 2.75) is 11.5 Å². The number of carbonyl (C=O) groups excluding carboxylic acids is 1. The van der Waals surface area contributed by atoms with Gasteiger partial charge in [0.15, 0.2) is 5.75 Å². The number of nitrogens with one attached hydrogen (secondary N) is 1. The summed E-state index contributed by atoms with van der Waals surface area (Å²) < 4.78 is 59.9. The van der Waals surface area contributed by atoms with E-state index in [1.165, 1.54) is 38.6 Å². The number of fused-ring (bicyclic) bond motifs is 6. The lowest BCUT2D eigenvalue weighted by Gasteiger charge is -2.15. The zero-order valence-electron chi connectivity index (χ0n) is 17.7. The lowest BCUT2D eigenvalue weighted by molar-refractivity contribution is 0.0472. The van der Waals surface area contributed by atoms with E-state index in [2.05, 4.69) is 25.6 Å². The molecule has 3 aromatic rings. The molecule has 4 bridgehead atoms. The number of nitrogens with zero attached hydrogens (tertiary/aromatic N) is 2. The number of pyridine rings is 1. The second kappa shape index (κ2) is 8.92. The number of cyclic esters (lactones) is 1. The number of esters is 1. The number of ether oxygens (including phenoxy) is 3. The van der Waals surface area contributed by atoms with Crippen molar-refractivity contribution >= 4 is 37.6 Å². The molecule has 4 rings (SSSR count). The topological polar surface area (TPSA) is 128 Å². The summed E-state index contributed by atoms with van der Waals surface area (Å²) in [6, 6.07) is 7.80. The molecule has 0 saturated carbocycles. The molecule has 12 heteroatoms. The van der Waals surface area contributed by atoms with Crippen LogP contribution in [0.1, 0.15) is 21.5 Å². The van der Waals surface area contributed by atoms with E-state index in [1.54, 1.807) is 6.07 Å². The monoisotopic (exact) mass is 547 g/mol. The first-order valence-corrected chi connectivity index (χ1v) is 11.8. The third kappa shape index (κ3) is 4.15. The Morgan fingerprint density at radius 2 is 1.94 bits per heavy atom. The summed E-state index contributed by atoms with van der Waals surface area (Å²) in [4.78, 5) is 16.5. The van der Waals surface area contributed by atoms with E-state index in [4.69, 9.17) is 14.2 Å². The number of halogens is 2. The van der Waals surface area contributed by atoms with Gasteiger partial charge in [0.25, 0.3) is 10.0 Å². The van der Waals surface area contributed by atoms with Gasteiger partial charge in [0.1, 0.15) is 23.4 Å². The molecule has 2 aromatic carbocycles. The van der Waals surface area contributed by atoms with E-state index in [9.17, 15) is 18.5 Å². The van der Waals surface area contributed by atoms with Crippen molar-refractivity contribution in [3.63, 3.8) is 0 Å². The summed E-state index contributed by atoms with van der Waals surface area (Å²) in [5.41, 5.74) is 0.0238. The minimum atomic E-state index is -4.40. The number of benzene rings is 2. The minimum absolute atomic E-state index is 0.0583. The van der Waals surface area contributed by atoms with E-state index in [-0.39, 0.29) is 55.5 Å². The SMILES string of the molecule is COc1cc2c(cn1)-c1cc(c(C#N)cc1F)NS(=O)(=O)c1cc(cc(Br)c1OC)C(=O)OC2. The van der Waals surface area contributed by atoms with Gasteiger partial charge < -0.3 is 14.2 Å². The summed E-state index contributed by atoms with van der Waals surface area (Å²) in [6.07, 6.45) is 1.31. The van der Waals surface area contributed by atoms with E-state index in [0.717, 1.165) is 12.1 Å². The molecule has 0 spiro atoms. The molecule has 1 aliphatic rings. The number of anilines is 1. The number of carbonyl (C=O) groups is 1. The Morgan fingerprint density at radius 1 is 1.18 bits per heavy atom. The highest BCUT2D eigenvalue weighted by Crippen LogP contribution is 2.38. The quantitative estimate of drug-likeness (QED) is 0.476. The molecular formula is C22H15BrFN3O6S. The minimum Gasteiger partial charge on any atom is -0.494 e. The van der Waals surface area contributed by atoms with Gasteiger partial charge in [0, 0.05) is 29.0 Å². The number of aromatic nitrogens is 1. The first-order valence-electron chi connectivity index (χ1n) is 9.53. The first-order chi connectivity index (χ1) is 16.2. The van der Waals surface area contributed by atoms with E-state index < -0.39 is 21.8 Å². The highest BCUT2D eigenvalue weighted by molar-refractivity contribution is 9.10. The Kier molecular flexibility index (Phi) is 6.16. The molecular weight excluding hydrogens is 533 g/mol. The van der Waals surface area contributed by atoms with E-state index in [1.807, 2.05) is 0 Å². The molecule has 1 aromatic heterocycles. The molecule has 174 valence electrons. The summed E-state index contributed by atoms with van der Waals surface area (Å²) in [5, 5.41) is 9.50. The van der Waals surface area contributed by atoms with Crippen molar-refractivity contribution in [1.29, 1.82) is 5.26 Å². The van der Waals surface area contributed by atoms with Crippen molar-refractivity contribution < 1.29 is 31.8 Å². The third-order valence-corrected chi connectivity index (χ3v) is 6.99. The van der Waals surface area contributed by atoms with Crippen LogP contribution >= 0.6 is 15.9 Å². The Bertz CT molecular complexity index is 1490. The van der Waals surface area contributed by atoms with E-state index in [0.29, 0.717) is 5.56 Å². The molecule has 0 amide bonds. The third-order valence-electron chi connectivity index (χ3n) is 5.03. The number of methoxy groups -OCH3 is 2. The summed E-state index contributed by atoms with van der Waals surface area (Å²) >= 11 is 3.21. The van der Waals surface area contributed by atoms with Crippen LogP contribution in [-0.4, -0.2) is 33.6 Å². The molecule has 0 aliphatic carbocycles. The zero-order valence-corrected chi connectivity index (χ0v) is 20.1. The lowest BCUT2D eigenvalue weighted by Crippen LogP contribution is -2.16. The fourth-order valence-electron chi connectivity index (χ4n) is 3.42. The average Bonchev–Trinajstić information content (AvgIpc) is 2.82. The van der Waals surface area contributed by atoms with Crippen LogP contribution in [0.5, 0.6) is 11.6 Å². The van der Waals surface area contributed by atoms with Gasteiger partial charge in [0.05, 0.1) is 35.5 Å². The molecule has 34 heavy (non-hydrogen) atoms. The largest absolute Gasteiger partial charge is 0.494 e. The predicted octanol–water partition coefficient (Wildman–Crippen LogP) is 4.01. The molecule has 0 unspecified atom stereocenters. The van der Waals surface area contributed by atoms with Crippen molar-refractivity contribution in [2.75, 3.05) is 18.9 Å². The number of hydrogen-bond donors (Lipinski definition) is 1. The maximum atomic E-state index is 15.0. The number of sulfonamides is 1. The summed E-state index contributed by atoms with van der Waals surface area (Å²) in [7, 11) is -1.75. The summed E-state index contributed by atoms with van der Waals surface area (Å²) in [6.45, 7) is -0.291. The average molecular weight is 548 g/mol. The molecule has 9 nitrogen and oxygen atoms in total. The van der Waals surface area contributed by atoms with Gasteiger partial charge in [-0.2, -0.15) is 5.26 Å². The van der Waals surface area contributed by atoms with Crippen LogP contribution in [0.25, 0.3) is 11.1 Å². The maximum absolute atomic E-state index is 15.0. The Hall–Kier alpha value is -3.69. The Labute approximate surface area is 202 Å². The van der Waals surface area contributed by atoms with Crippen LogP contribution in [0, 0.1) is 17.1 Å². The van der Waals surface area contributed by atoms with Gasteiger partial charge >= 0.3 is 5.97 Å². The van der Waals surface area contributed by atoms with Gasteiger partial charge in [-0.3, -0.25) is 4.72 Å². The highest BCUT2D eigenvalue weighted by Gasteiger charge is 2.27. The maximum Gasteiger partial charge on any atom is 0.338 e. The number of rotatable bonds is 2. The van der Waals surface area contributed by atoms with Gasteiger partial charge in [-0.05, 0) is 40.2 Å². The van der Waals surface area contributed by atoms with Crippen molar-refractivity contribution in [1.82, 2.24) is 4.98 Å². The van der Waals surface area contributed by atoms with Gasteiger partial charge in [-0.15, -0.1) is 0 Å². The van der Waals surface area contributed by atoms with Crippen LogP contribution < -0.4 is 14.2 Å². The second-order valence-electron chi connectivity index (χ2n) is 7.04. The molecule has 0 radical (unpaired) electrons. The Morgan fingerprint density at radius 3 is 2.62 bits per heavy atom. The molecule has 1 N–H and O–H groups in total. The first kappa shape index (κ1) is 23.5. The number of nitriles is 1. The molecule has 0 atom stereocenters. The molecule has 0 fully saturated rings. The van der Waals surface area contributed by atoms with Gasteiger partial charge in [-0.25, -0.2) is 22.6 Å². The van der Waals surface area contributed by atoms with Crippen molar-refractivity contribution in [3.8, 4) is 28.8 Å². The standard InChI is InChI=1S/C22H15BrFN3O6S/c1-31-20-6-13-10-33-22(28)11-3-16(23)21(32-2)19(5-11)34(29,30)27-18-7-14(15(13)9-26-20)17(24)4-12(18)8-25/h3-7,9,27H,10H2,1-2H3. The zero-order chi connectivity index (χ0) is 24.6. The van der Waals surface area contributed by atoms with Crippen molar-refractivity contribution in [2.24, 2.45) is 0 Å². The van der Waals surface area contributed by atoms with Crippen LogP contribution in [0.4, 0.5) is 10.1 Å². The van der Waals surface area contributed by atoms with Gasteiger partial charge in [0.2, 0.25) is 5.88 Å². The smallest absolute Gasteiger partial charge is 0.338 e. The Balaban J connectivity index is 2.04. The summed E-state index contributed by atoms with van der Waals surface area (Å²) in [5.74, 6) is -1.50. The van der Waals surface area contributed by atoms with E-state index >= 15 is 4.39 Å². The molecule has 0 saturated heterocycles. The molecule has 1 aliphatic heterocycles. The predicted molar refractivity (Wildman–Crippen MR) is 122 cm³/mol. The lowest BCUT2D eigenvalue weighted by atomic mass is 9.99.